The molecule has 3 rings (SSSR count). The second-order valence-electron chi connectivity index (χ2n) is 5.79. The lowest BCUT2D eigenvalue weighted by atomic mass is 9.60. The van der Waals surface area contributed by atoms with Crippen LogP contribution in [0.25, 0.3) is 0 Å². The monoisotopic (exact) mass is 179 g/mol. The highest BCUT2D eigenvalue weighted by molar-refractivity contribution is 5.11. The predicted molar refractivity (Wildman–Crippen MR) is 54.4 cm³/mol. The van der Waals surface area contributed by atoms with Gasteiger partial charge in [0.05, 0.1) is 0 Å². The summed E-state index contributed by atoms with van der Waals surface area (Å²) in [6.45, 7) is 0. The summed E-state index contributed by atoms with van der Waals surface area (Å²) in [5, 5.41) is 0. The van der Waals surface area contributed by atoms with Crippen molar-refractivity contribution in [2.45, 2.75) is 63.8 Å². The molecule has 0 amide bonds. The van der Waals surface area contributed by atoms with E-state index in [1.807, 2.05) is 0 Å². The van der Waals surface area contributed by atoms with Gasteiger partial charge < -0.3 is 5.73 Å². The lowest BCUT2D eigenvalue weighted by Crippen LogP contribution is -2.35. The third-order valence-corrected chi connectivity index (χ3v) is 5.30. The standard InChI is InChI=1S/C12H21N/c13-10-8-11-4-1-2-5-12(11,9-10)7-3-6-11/h10H,1-9,13H2/t10?,11-,12+. The van der Waals surface area contributed by atoms with Gasteiger partial charge in [-0.1, -0.05) is 19.3 Å². The number of nitrogens with two attached hydrogens (primary N) is 1. The molecule has 0 saturated heterocycles. The van der Waals surface area contributed by atoms with Crippen LogP contribution in [-0.4, -0.2) is 6.04 Å². The van der Waals surface area contributed by atoms with Crippen LogP contribution >= 0.6 is 0 Å². The highest BCUT2D eigenvalue weighted by atomic mass is 14.8. The Hall–Kier alpha value is -0.0400. The minimum Gasteiger partial charge on any atom is -0.328 e. The van der Waals surface area contributed by atoms with E-state index in [4.69, 9.17) is 5.73 Å². The van der Waals surface area contributed by atoms with Gasteiger partial charge in [0.15, 0.2) is 0 Å². The van der Waals surface area contributed by atoms with Crippen LogP contribution in [0.3, 0.4) is 0 Å². The number of hydrogen-bond donors (Lipinski definition) is 1. The molecule has 0 aromatic rings. The van der Waals surface area contributed by atoms with Crippen molar-refractivity contribution in [3.63, 3.8) is 0 Å². The average molecular weight is 179 g/mol. The van der Waals surface area contributed by atoms with Gasteiger partial charge in [0.2, 0.25) is 0 Å². The Labute approximate surface area is 81.1 Å². The molecule has 0 aromatic heterocycles. The van der Waals surface area contributed by atoms with Gasteiger partial charge in [-0.25, -0.2) is 0 Å². The molecule has 74 valence electrons. The second kappa shape index (κ2) is 2.50. The van der Waals surface area contributed by atoms with Gasteiger partial charge in [-0.3, -0.25) is 0 Å². The van der Waals surface area contributed by atoms with Crippen LogP contribution < -0.4 is 5.73 Å². The zero-order chi connectivity index (χ0) is 8.94. The Bertz CT molecular complexity index is 203. The Balaban J connectivity index is 1.99. The van der Waals surface area contributed by atoms with Crippen molar-refractivity contribution in [1.29, 1.82) is 0 Å². The van der Waals surface area contributed by atoms with Gasteiger partial charge in [-0.05, 0) is 49.4 Å². The Morgan fingerprint density at radius 2 is 1.23 bits per heavy atom. The van der Waals surface area contributed by atoms with Crippen molar-refractivity contribution >= 4 is 0 Å². The largest absolute Gasteiger partial charge is 0.328 e. The molecule has 0 aromatic carbocycles. The third-order valence-electron chi connectivity index (χ3n) is 5.30. The molecule has 3 aliphatic rings. The van der Waals surface area contributed by atoms with Gasteiger partial charge in [-0.15, -0.1) is 0 Å². The molecule has 3 saturated carbocycles. The van der Waals surface area contributed by atoms with Crippen molar-refractivity contribution in [3.8, 4) is 0 Å². The molecular formula is C12H21N. The molecule has 1 heteroatoms. The van der Waals surface area contributed by atoms with E-state index in [0.717, 1.165) is 10.8 Å². The molecular weight excluding hydrogens is 158 g/mol. The summed E-state index contributed by atoms with van der Waals surface area (Å²) >= 11 is 0. The van der Waals surface area contributed by atoms with Gasteiger partial charge >= 0.3 is 0 Å². The first-order chi connectivity index (χ1) is 6.27. The van der Waals surface area contributed by atoms with Gasteiger partial charge in [0.25, 0.3) is 0 Å². The minimum absolute atomic E-state index is 0.540. The van der Waals surface area contributed by atoms with Gasteiger partial charge in [0, 0.05) is 6.04 Å². The summed E-state index contributed by atoms with van der Waals surface area (Å²) in [4.78, 5) is 0. The molecule has 1 nitrogen and oxygen atoms in total. The van der Waals surface area contributed by atoms with Crippen LogP contribution in [0.5, 0.6) is 0 Å². The van der Waals surface area contributed by atoms with Crippen LogP contribution in [-0.2, 0) is 0 Å². The van der Waals surface area contributed by atoms with Crippen molar-refractivity contribution in [3.05, 3.63) is 0 Å². The first kappa shape index (κ1) is 8.28. The number of hydrogen-bond acceptors (Lipinski definition) is 1. The van der Waals surface area contributed by atoms with E-state index in [2.05, 4.69) is 0 Å². The van der Waals surface area contributed by atoms with E-state index in [9.17, 15) is 0 Å². The molecule has 0 heterocycles. The summed E-state index contributed by atoms with van der Waals surface area (Å²) in [6, 6.07) is 0.540. The normalized spacial score (nSPS) is 54.7. The molecule has 1 unspecified atom stereocenters. The molecule has 13 heavy (non-hydrogen) atoms. The fourth-order valence-corrected chi connectivity index (χ4v) is 4.92. The Kier molecular flexibility index (Phi) is 1.59. The van der Waals surface area contributed by atoms with E-state index in [0.29, 0.717) is 6.04 Å². The molecule has 0 aliphatic heterocycles. The Morgan fingerprint density at radius 3 is 1.77 bits per heavy atom. The SMILES string of the molecule is NC1C[C@@]23CCCC[C@@]2(CCC3)C1. The predicted octanol–water partition coefficient (Wildman–Crippen LogP) is 2.84. The van der Waals surface area contributed by atoms with Crippen LogP contribution in [0.15, 0.2) is 0 Å². The second-order valence-corrected chi connectivity index (χ2v) is 5.79. The first-order valence-corrected chi connectivity index (χ1v) is 6.02. The molecule has 3 aliphatic carbocycles. The molecule has 3 fully saturated rings. The van der Waals surface area contributed by atoms with E-state index in [1.165, 1.54) is 57.8 Å². The lowest BCUT2D eigenvalue weighted by molar-refractivity contribution is 0.0520. The maximum absolute atomic E-state index is 6.17. The first-order valence-electron chi connectivity index (χ1n) is 6.02. The van der Waals surface area contributed by atoms with E-state index >= 15 is 0 Å². The summed E-state index contributed by atoms with van der Waals surface area (Å²) in [5.41, 5.74) is 7.63. The highest BCUT2D eigenvalue weighted by Crippen LogP contribution is 2.68. The summed E-state index contributed by atoms with van der Waals surface area (Å²) in [5.74, 6) is 0. The zero-order valence-electron chi connectivity index (χ0n) is 8.52. The fraction of sp³-hybridized carbons (Fsp3) is 1.00. The number of rotatable bonds is 0. The van der Waals surface area contributed by atoms with Gasteiger partial charge in [-0.2, -0.15) is 0 Å². The molecule has 0 bridgehead atoms. The van der Waals surface area contributed by atoms with E-state index < -0.39 is 0 Å². The molecule has 0 radical (unpaired) electrons. The molecule has 0 spiro atoms. The quantitative estimate of drug-likeness (QED) is 0.608. The maximum atomic E-state index is 6.17. The lowest BCUT2D eigenvalue weighted by Gasteiger charge is -2.45. The van der Waals surface area contributed by atoms with Crippen molar-refractivity contribution in [2.75, 3.05) is 0 Å². The topological polar surface area (TPSA) is 26.0 Å². The van der Waals surface area contributed by atoms with Gasteiger partial charge in [0.1, 0.15) is 0 Å². The van der Waals surface area contributed by atoms with Crippen molar-refractivity contribution in [1.82, 2.24) is 0 Å². The highest BCUT2D eigenvalue weighted by Gasteiger charge is 2.59. The molecule has 3 atom stereocenters. The van der Waals surface area contributed by atoms with Crippen LogP contribution in [0.2, 0.25) is 0 Å². The average Bonchev–Trinajstić information content (AvgIpc) is 2.54. The summed E-state index contributed by atoms with van der Waals surface area (Å²) < 4.78 is 0. The van der Waals surface area contributed by atoms with E-state index in [-0.39, 0.29) is 0 Å². The van der Waals surface area contributed by atoms with Crippen LogP contribution in [0.1, 0.15) is 57.8 Å². The van der Waals surface area contributed by atoms with E-state index in [1.54, 1.807) is 0 Å². The summed E-state index contributed by atoms with van der Waals surface area (Å²) in [7, 11) is 0. The van der Waals surface area contributed by atoms with Crippen molar-refractivity contribution in [2.24, 2.45) is 16.6 Å². The minimum atomic E-state index is 0.540. The third kappa shape index (κ3) is 0.918. The smallest absolute Gasteiger partial charge is 0.00498 e. The zero-order valence-corrected chi connectivity index (χ0v) is 8.52. The fourth-order valence-electron chi connectivity index (χ4n) is 4.92. The summed E-state index contributed by atoms with van der Waals surface area (Å²) in [6.07, 6.45) is 13.2. The van der Waals surface area contributed by atoms with Crippen molar-refractivity contribution < 1.29 is 0 Å². The van der Waals surface area contributed by atoms with Crippen LogP contribution in [0, 0.1) is 10.8 Å². The van der Waals surface area contributed by atoms with Crippen LogP contribution in [0.4, 0.5) is 0 Å². The Morgan fingerprint density at radius 1 is 0.769 bits per heavy atom. The molecule has 2 N–H and O–H groups in total. The maximum Gasteiger partial charge on any atom is 0.00498 e.